The van der Waals surface area contributed by atoms with E-state index in [2.05, 4.69) is 21.2 Å². The normalized spacial score (nSPS) is 22.1. The Hall–Kier alpha value is -0.940. The van der Waals surface area contributed by atoms with Gasteiger partial charge in [0.1, 0.15) is 5.82 Å². The van der Waals surface area contributed by atoms with Crippen LogP contribution in [-0.2, 0) is 0 Å². The third-order valence-electron chi connectivity index (χ3n) is 4.24. The van der Waals surface area contributed by atoms with E-state index in [1.165, 1.54) is 18.9 Å². The molecule has 1 aliphatic carbocycles. The molecule has 1 saturated heterocycles. The zero-order valence-corrected chi connectivity index (χ0v) is 13.5. The molecular formula is C16H20BrFN2O. The van der Waals surface area contributed by atoms with Crippen LogP contribution in [0.25, 0.3) is 0 Å². The number of amides is 1. The molecule has 1 aliphatic heterocycles. The topological polar surface area (TPSA) is 32.3 Å². The van der Waals surface area contributed by atoms with Crippen molar-refractivity contribution in [3.05, 3.63) is 34.1 Å². The molecule has 2 aliphatic rings. The monoisotopic (exact) mass is 354 g/mol. The SMILES string of the molecule is O=C(c1cc(Br)ccc1F)N(CC1CCCCN1)C1CC1. The van der Waals surface area contributed by atoms with Gasteiger partial charge in [-0.2, -0.15) is 0 Å². The van der Waals surface area contributed by atoms with Crippen molar-refractivity contribution in [1.29, 1.82) is 0 Å². The van der Waals surface area contributed by atoms with E-state index in [4.69, 9.17) is 0 Å². The Kier molecular flexibility index (Phi) is 4.60. The molecule has 1 saturated carbocycles. The van der Waals surface area contributed by atoms with E-state index in [-0.39, 0.29) is 11.5 Å². The first-order valence-electron chi connectivity index (χ1n) is 7.64. The molecule has 0 aromatic heterocycles. The first-order valence-corrected chi connectivity index (χ1v) is 8.44. The molecule has 1 unspecified atom stereocenters. The minimum Gasteiger partial charge on any atom is -0.334 e. The highest BCUT2D eigenvalue weighted by atomic mass is 79.9. The lowest BCUT2D eigenvalue weighted by molar-refractivity contribution is 0.0713. The van der Waals surface area contributed by atoms with Crippen molar-refractivity contribution >= 4 is 21.8 Å². The van der Waals surface area contributed by atoms with Crippen molar-refractivity contribution in [3.63, 3.8) is 0 Å². The lowest BCUT2D eigenvalue weighted by atomic mass is 10.0. The number of carbonyl (C=O) groups is 1. The Bertz CT molecular complexity index is 527. The summed E-state index contributed by atoms with van der Waals surface area (Å²) in [6.45, 7) is 1.71. The van der Waals surface area contributed by atoms with Crippen LogP contribution in [0.3, 0.4) is 0 Å². The molecule has 1 aromatic rings. The summed E-state index contributed by atoms with van der Waals surface area (Å²) < 4.78 is 14.7. The third-order valence-corrected chi connectivity index (χ3v) is 4.73. The van der Waals surface area contributed by atoms with Crippen LogP contribution in [0, 0.1) is 5.82 Å². The summed E-state index contributed by atoms with van der Waals surface area (Å²) in [4.78, 5) is 14.6. The molecular weight excluding hydrogens is 335 g/mol. The van der Waals surface area contributed by atoms with Gasteiger partial charge in [-0.15, -0.1) is 0 Å². The van der Waals surface area contributed by atoms with Crippen molar-refractivity contribution in [2.45, 2.75) is 44.2 Å². The zero-order chi connectivity index (χ0) is 14.8. The maximum absolute atomic E-state index is 14.0. The summed E-state index contributed by atoms with van der Waals surface area (Å²) in [6.07, 6.45) is 5.57. The predicted octanol–water partition coefficient (Wildman–Crippen LogP) is 3.33. The second-order valence-electron chi connectivity index (χ2n) is 5.96. The first kappa shape index (κ1) is 15.0. The average Bonchev–Trinajstić information content (AvgIpc) is 3.32. The van der Waals surface area contributed by atoms with Gasteiger partial charge in [-0.1, -0.05) is 22.4 Å². The van der Waals surface area contributed by atoms with E-state index in [9.17, 15) is 9.18 Å². The number of halogens is 2. The number of hydrogen-bond acceptors (Lipinski definition) is 2. The van der Waals surface area contributed by atoms with Crippen LogP contribution >= 0.6 is 15.9 Å². The fourth-order valence-corrected chi connectivity index (χ4v) is 3.28. The Labute approximate surface area is 133 Å². The molecule has 2 fully saturated rings. The zero-order valence-electron chi connectivity index (χ0n) is 11.9. The summed E-state index contributed by atoms with van der Waals surface area (Å²) in [5, 5.41) is 3.47. The number of nitrogens with one attached hydrogen (secondary N) is 1. The molecule has 21 heavy (non-hydrogen) atoms. The Balaban J connectivity index is 1.76. The average molecular weight is 355 g/mol. The lowest BCUT2D eigenvalue weighted by Crippen LogP contribution is -2.46. The summed E-state index contributed by atoms with van der Waals surface area (Å²) in [7, 11) is 0. The molecule has 0 bridgehead atoms. The fourth-order valence-electron chi connectivity index (χ4n) is 2.92. The van der Waals surface area contributed by atoms with Crippen LogP contribution in [-0.4, -0.2) is 36.0 Å². The van der Waals surface area contributed by atoms with Gasteiger partial charge < -0.3 is 10.2 Å². The van der Waals surface area contributed by atoms with Crippen LogP contribution < -0.4 is 5.32 Å². The van der Waals surface area contributed by atoms with Gasteiger partial charge in [0.15, 0.2) is 0 Å². The molecule has 5 heteroatoms. The highest BCUT2D eigenvalue weighted by Gasteiger charge is 2.35. The van der Waals surface area contributed by atoms with Gasteiger partial charge in [0.05, 0.1) is 5.56 Å². The molecule has 1 atom stereocenters. The van der Waals surface area contributed by atoms with E-state index < -0.39 is 5.82 Å². The number of carbonyl (C=O) groups excluding carboxylic acids is 1. The van der Waals surface area contributed by atoms with Gasteiger partial charge in [-0.05, 0) is 50.4 Å². The Morgan fingerprint density at radius 1 is 1.33 bits per heavy atom. The molecule has 0 spiro atoms. The smallest absolute Gasteiger partial charge is 0.257 e. The minimum absolute atomic E-state index is 0.173. The predicted molar refractivity (Wildman–Crippen MR) is 83.8 cm³/mol. The molecule has 114 valence electrons. The van der Waals surface area contributed by atoms with Crippen LogP contribution in [0.4, 0.5) is 4.39 Å². The van der Waals surface area contributed by atoms with E-state index in [1.807, 2.05) is 4.90 Å². The fraction of sp³-hybridized carbons (Fsp3) is 0.562. The summed E-state index contributed by atoms with van der Waals surface area (Å²) in [5.41, 5.74) is 0.173. The van der Waals surface area contributed by atoms with Crippen LogP contribution in [0.5, 0.6) is 0 Å². The van der Waals surface area contributed by atoms with Gasteiger partial charge in [0.2, 0.25) is 0 Å². The molecule has 0 radical (unpaired) electrons. The molecule has 3 rings (SSSR count). The van der Waals surface area contributed by atoms with Gasteiger partial charge in [-0.3, -0.25) is 4.79 Å². The Morgan fingerprint density at radius 2 is 2.14 bits per heavy atom. The molecule has 1 aromatic carbocycles. The summed E-state index contributed by atoms with van der Waals surface area (Å²) in [6, 6.07) is 5.19. The number of benzene rings is 1. The van der Waals surface area contributed by atoms with Crippen molar-refractivity contribution in [2.75, 3.05) is 13.1 Å². The number of rotatable bonds is 4. The molecule has 1 heterocycles. The third kappa shape index (κ3) is 3.64. The largest absolute Gasteiger partial charge is 0.334 e. The van der Waals surface area contributed by atoms with Gasteiger partial charge in [0, 0.05) is 23.1 Å². The van der Waals surface area contributed by atoms with Crippen LogP contribution in [0.15, 0.2) is 22.7 Å². The summed E-state index contributed by atoms with van der Waals surface area (Å²) in [5.74, 6) is -0.617. The van der Waals surface area contributed by atoms with Crippen LogP contribution in [0.2, 0.25) is 0 Å². The van der Waals surface area contributed by atoms with Crippen molar-refractivity contribution < 1.29 is 9.18 Å². The van der Waals surface area contributed by atoms with Crippen molar-refractivity contribution in [3.8, 4) is 0 Å². The number of nitrogens with zero attached hydrogens (tertiary/aromatic N) is 1. The van der Waals surface area contributed by atoms with E-state index in [1.54, 1.807) is 12.1 Å². The minimum atomic E-state index is -0.439. The highest BCUT2D eigenvalue weighted by molar-refractivity contribution is 9.10. The Morgan fingerprint density at radius 3 is 2.81 bits per heavy atom. The molecule has 3 nitrogen and oxygen atoms in total. The second-order valence-corrected chi connectivity index (χ2v) is 6.88. The van der Waals surface area contributed by atoms with Crippen molar-refractivity contribution in [1.82, 2.24) is 10.2 Å². The quantitative estimate of drug-likeness (QED) is 0.899. The van der Waals surface area contributed by atoms with Gasteiger partial charge in [-0.25, -0.2) is 4.39 Å². The second kappa shape index (κ2) is 6.44. The maximum Gasteiger partial charge on any atom is 0.257 e. The highest BCUT2D eigenvalue weighted by Crippen LogP contribution is 2.30. The standard InChI is InChI=1S/C16H20BrFN2O/c17-11-4-7-15(18)14(9-11)16(21)20(13-5-6-13)10-12-3-1-2-8-19-12/h4,7,9,12-13,19H,1-3,5-6,8,10H2. The van der Waals surface area contributed by atoms with Crippen molar-refractivity contribution in [2.24, 2.45) is 0 Å². The molecule has 1 amide bonds. The van der Waals surface area contributed by atoms with Crippen LogP contribution in [0.1, 0.15) is 42.5 Å². The summed E-state index contributed by atoms with van der Waals surface area (Å²) >= 11 is 3.32. The van der Waals surface area contributed by atoms with E-state index >= 15 is 0 Å². The van der Waals surface area contributed by atoms with E-state index in [0.29, 0.717) is 18.6 Å². The first-order chi connectivity index (χ1) is 10.1. The molecule has 1 N–H and O–H groups in total. The number of hydrogen-bond donors (Lipinski definition) is 1. The van der Waals surface area contributed by atoms with Gasteiger partial charge >= 0.3 is 0 Å². The van der Waals surface area contributed by atoms with Gasteiger partial charge in [0.25, 0.3) is 5.91 Å². The maximum atomic E-state index is 14.0. The van der Waals surface area contributed by atoms with E-state index in [0.717, 1.165) is 30.3 Å². The number of piperidine rings is 1. The lowest BCUT2D eigenvalue weighted by Gasteiger charge is -2.31.